The standard InChI is InChI=1S/C14H22ClN3/c1-3-12-5-4-7-18(8-6-12)14-16-10-13(9-15)11(2)17-14/h10,12H,3-9H2,1-2H3. The Morgan fingerprint density at radius 1 is 1.39 bits per heavy atom. The molecule has 3 nitrogen and oxygen atoms in total. The van der Waals surface area contributed by atoms with Crippen LogP contribution in [0.15, 0.2) is 6.20 Å². The Hall–Kier alpha value is -0.830. The largest absolute Gasteiger partial charge is 0.341 e. The summed E-state index contributed by atoms with van der Waals surface area (Å²) in [5.41, 5.74) is 2.04. The fourth-order valence-electron chi connectivity index (χ4n) is 2.54. The summed E-state index contributed by atoms with van der Waals surface area (Å²) in [5.74, 6) is 2.24. The van der Waals surface area contributed by atoms with Crippen LogP contribution in [0.3, 0.4) is 0 Å². The van der Waals surface area contributed by atoms with Gasteiger partial charge in [0, 0.05) is 30.5 Å². The Morgan fingerprint density at radius 3 is 2.89 bits per heavy atom. The van der Waals surface area contributed by atoms with E-state index in [0.717, 1.165) is 36.2 Å². The third kappa shape index (κ3) is 3.14. The lowest BCUT2D eigenvalue weighted by atomic mass is 9.98. The van der Waals surface area contributed by atoms with Crippen LogP contribution in [0.2, 0.25) is 0 Å². The Balaban J connectivity index is 2.09. The number of hydrogen-bond donors (Lipinski definition) is 0. The van der Waals surface area contributed by atoms with Crippen molar-refractivity contribution < 1.29 is 0 Å². The molecule has 1 saturated heterocycles. The van der Waals surface area contributed by atoms with E-state index in [1.54, 1.807) is 0 Å². The number of anilines is 1. The van der Waals surface area contributed by atoms with E-state index in [-0.39, 0.29) is 0 Å². The Kier molecular flexibility index (Phi) is 4.81. The third-order valence-electron chi connectivity index (χ3n) is 3.92. The lowest BCUT2D eigenvalue weighted by molar-refractivity contribution is 0.459. The van der Waals surface area contributed by atoms with E-state index in [4.69, 9.17) is 11.6 Å². The van der Waals surface area contributed by atoms with Gasteiger partial charge in [-0.3, -0.25) is 0 Å². The Labute approximate surface area is 115 Å². The van der Waals surface area contributed by atoms with Crippen molar-refractivity contribution in [3.8, 4) is 0 Å². The van der Waals surface area contributed by atoms with E-state index in [1.807, 2.05) is 13.1 Å². The molecule has 0 N–H and O–H groups in total. The van der Waals surface area contributed by atoms with Gasteiger partial charge in [-0.2, -0.15) is 0 Å². The van der Waals surface area contributed by atoms with Gasteiger partial charge in [0.25, 0.3) is 0 Å². The second-order valence-electron chi connectivity index (χ2n) is 5.11. The molecule has 1 aliphatic heterocycles. The summed E-state index contributed by atoms with van der Waals surface area (Å²) in [6.07, 6.45) is 7.01. The molecule has 4 heteroatoms. The highest BCUT2D eigenvalue weighted by Gasteiger charge is 2.18. The predicted octanol–water partition coefficient (Wildman–Crippen LogP) is 3.54. The molecule has 100 valence electrons. The Bertz CT molecular complexity index is 395. The molecule has 0 aliphatic carbocycles. The minimum Gasteiger partial charge on any atom is -0.341 e. The summed E-state index contributed by atoms with van der Waals surface area (Å²) in [5, 5.41) is 0. The van der Waals surface area contributed by atoms with Gasteiger partial charge in [0.2, 0.25) is 5.95 Å². The number of nitrogens with zero attached hydrogens (tertiary/aromatic N) is 3. The van der Waals surface area contributed by atoms with Crippen LogP contribution in [-0.4, -0.2) is 23.1 Å². The van der Waals surface area contributed by atoms with Gasteiger partial charge in [0.05, 0.1) is 5.88 Å². The molecule has 1 atom stereocenters. The molecule has 1 aromatic heterocycles. The first-order chi connectivity index (χ1) is 8.74. The quantitative estimate of drug-likeness (QED) is 0.785. The molecule has 2 rings (SSSR count). The summed E-state index contributed by atoms with van der Waals surface area (Å²) in [4.78, 5) is 11.4. The monoisotopic (exact) mass is 267 g/mol. The highest BCUT2D eigenvalue weighted by molar-refractivity contribution is 6.17. The van der Waals surface area contributed by atoms with Crippen LogP contribution in [0.4, 0.5) is 5.95 Å². The minimum atomic E-state index is 0.490. The summed E-state index contributed by atoms with van der Waals surface area (Å²) in [6.45, 7) is 6.46. The molecule has 0 aromatic carbocycles. The third-order valence-corrected chi connectivity index (χ3v) is 4.21. The first-order valence-corrected chi connectivity index (χ1v) is 7.41. The summed E-state index contributed by atoms with van der Waals surface area (Å²) in [7, 11) is 0. The zero-order valence-electron chi connectivity index (χ0n) is 11.3. The van der Waals surface area contributed by atoms with Crippen molar-refractivity contribution in [2.24, 2.45) is 5.92 Å². The highest BCUT2D eigenvalue weighted by atomic mass is 35.5. The first-order valence-electron chi connectivity index (χ1n) is 6.88. The van der Waals surface area contributed by atoms with Gasteiger partial charge < -0.3 is 4.90 Å². The smallest absolute Gasteiger partial charge is 0.225 e. The first kappa shape index (κ1) is 13.6. The van der Waals surface area contributed by atoms with E-state index in [1.165, 1.54) is 25.7 Å². The van der Waals surface area contributed by atoms with Crippen molar-refractivity contribution in [1.29, 1.82) is 0 Å². The molecule has 1 fully saturated rings. The number of aromatic nitrogens is 2. The second kappa shape index (κ2) is 6.37. The predicted molar refractivity (Wildman–Crippen MR) is 76.2 cm³/mol. The van der Waals surface area contributed by atoms with Crippen molar-refractivity contribution in [3.05, 3.63) is 17.5 Å². The van der Waals surface area contributed by atoms with Gasteiger partial charge in [-0.1, -0.05) is 13.3 Å². The van der Waals surface area contributed by atoms with Gasteiger partial charge in [-0.25, -0.2) is 9.97 Å². The zero-order valence-corrected chi connectivity index (χ0v) is 12.1. The molecule has 0 spiro atoms. The fraction of sp³-hybridized carbons (Fsp3) is 0.714. The molecule has 0 bridgehead atoms. The minimum absolute atomic E-state index is 0.490. The number of hydrogen-bond acceptors (Lipinski definition) is 3. The SMILES string of the molecule is CCC1CCCN(c2ncc(CCl)c(C)n2)CC1. The van der Waals surface area contributed by atoms with Gasteiger partial charge in [0.15, 0.2) is 0 Å². The van der Waals surface area contributed by atoms with E-state index >= 15 is 0 Å². The van der Waals surface area contributed by atoms with Crippen LogP contribution in [0.25, 0.3) is 0 Å². The molecule has 1 unspecified atom stereocenters. The van der Waals surface area contributed by atoms with Crippen LogP contribution in [-0.2, 0) is 5.88 Å². The van der Waals surface area contributed by atoms with Crippen molar-refractivity contribution in [2.75, 3.05) is 18.0 Å². The normalized spacial score (nSPS) is 20.8. The van der Waals surface area contributed by atoms with E-state index < -0.39 is 0 Å². The molecule has 2 heterocycles. The number of halogens is 1. The molecular formula is C14H22ClN3. The average Bonchev–Trinajstić information content (AvgIpc) is 2.63. The topological polar surface area (TPSA) is 29.0 Å². The summed E-state index contributed by atoms with van der Waals surface area (Å²) in [6, 6.07) is 0. The van der Waals surface area contributed by atoms with Gasteiger partial charge in [-0.05, 0) is 32.1 Å². The maximum absolute atomic E-state index is 5.84. The van der Waals surface area contributed by atoms with Gasteiger partial charge in [0.1, 0.15) is 0 Å². The summed E-state index contributed by atoms with van der Waals surface area (Å²) >= 11 is 5.84. The lowest BCUT2D eigenvalue weighted by Gasteiger charge is -2.21. The summed E-state index contributed by atoms with van der Waals surface area (Å²) < 4.78 is 0. The van der Waals surface area contributed by atoms with Crippen molar-refractivity contribution in [3.63, 3.8) is 0 Å². The van der Waals surface area contributed by atoms with Crippen LogP contribution in [0, 0.1) is 12.8 Å². The van der Waals surface area contributed by atoms with E-state index in [9.17, 15) is 0 Å². The average molecular weight is 268 g/mol. The lowest BCUT2D eigenvalue weighted by Crippen LogP contribution is -2.26. The maximum Gasteiger partial charge on any atom is 0.225 e. The molecule has 1 aromatic rings. The van der Waals surface area contributed by atoms with Crippen molar-refractivity contribution in [2.45, 2.75) is 45.4 Å². The Morgan fingerprint density at radius 2 is 2.22 bits per heavy atom. The van der Waals surface area contributed by atoms with Crippen LogP contribution in [0.1, 0.15) is 43.9 Å². The van der Waals surface area contributed by atoms with Crippen molar-refractivity contribution >= 4 is 17.5 Å². The fourth-order valence-corrected chi connectivity index (χ4v) is 2.80. The maximum atomic E-state index is 5.84. The van der Waals surface area contributed by atoms with Crippen LogP contribution < -0.4 is 4.90 Å². The van der Waals surface area contributed by atoms with E-state index in [0.29, 0.717) is 5.88 Å². The van der Waals surface area contributed by atoms with E-state index in [2.05, 4.69) is 21.8 Å². The molecule has 0 radical (unpaired) electrons. The second-order valence-corrected chi connectivity index (χ2v) is 5.37. The molecule has 1 aliphatic rings. The number of alkyl halides is 1. The molecule has 0 saturated carbocycles. The number of aryl methyl sites for hydroxylation is 1. The van der Waals surface area contributed by atoms with Gasteiger partial charge >= 0.3 is 0 Å². The van der Waals surface area contributed by atoms with Crippen LogP contribution >= 0.6 is 11.6 Å². The highest BCUT2D eigenvalue weighted by Crippen LogP contribution is 2.23. The van der Waals surface area contributed by atoms with Crippen LogP contribution in [0.5, 0.6) is 0 Å². The molecule has 0 amide bonds. The molecule has 18 heavy (non-hydrogen) atoms. The van der Waals surface area contributed by atoms with Crippen molar-refractivity contribution in [1.82, 2.24) is 9.97 Å². The zero-order chi connectivity index (χ0) is 13.0. The number of rotatable bonds is 3. The molecular weight excluding hydrogens is 246 g/mol. The van der Waals surface area contributed by atoms with Gasteiger partial charge in [-0.15, -0.1) is 11.6 Å².